The number of nitrogens with one attached hydrogen (secondary N) is 1. The number of aliphatic hydroxyl groups excluding tert-OH is 1. The van der Waals surface area contributed by atoms with Crippen LogP contribution in [0.4, 0.5) is 5.82 Å². The van der Waals surface area contributed by atoms with E-state index in [0.717, 1.165) is 5.56 Å². The molecular weight excluding hydrogens is 592 g/mol. The van der Waals surface area contributed by atoms with Gasteiger partial charge in [-0.2, -0.15) is 5.10 Å². The summed E-state index contributed by atoms with van der Waals surface area (Å²) in [6.07, 6.45) is 4.44. The number of halogens is 1. The summed E-state index contributed by atoms with van der Waals surface area (Å²) in [6, 6.07) is 4.03. The fraction of sp³-hybridized carbons (Fsp3) is 0.357. The summed E-state index contributed by atoms with van der Waals surface area (Å²) < 4.78 is 2.00. The topological polar surface area (TPSA) is 156 Å². The molecule has 4 aromatic rings. The number of hydrogen-bond donors (Lipinski definition) is 2. The molecule has 1 saturated heterocycles. The number of ketones is 1. The van der Waals surface area contributed by atoms with Crippen LogP contribution < -0.4 is 5.32 Å². The second-order valence-electron chi connectivity index (χ2n) is 10.9. The van der Waals surface area contributed by atoms with Gasteiger partial charge in [0.05, 0.1) is 29.6 Å². The quantitative estimate of drug-likeness (QED) is 0.245. The van der Waals surface area contributed by atoms with Crippen molar-refractivity contribution in [1.82, 2.24) is 34.6 Å². The highest BCUT2D eigenvalue weighted by molar-refractivity contribution is 9.10. The van der Waals surface area contributed by atoms with Crippen molar-refractivity contribution >= 4 is 50.2 Å². The molecule has 2 N–H and O–H groups in total. The Kier molecular flexibility index (Phi) is 6.46. The minimum absolute atomic E-state index is 0.202. The number of rotatable bonds is 6. The van der Waals surface area contributed by atoms with Crippen molar-refractivity contribution in [3.8, 4) is 11.3 Å². The van der Waals surface area contributed by atoms with Crippen molar-refractivity contribution in [1.29, 1.82) is 0 Å². The van der Waals surface area contributed by atoms with Gasteiger partial charge >= 0.3 is 0 Å². The Morgan fingerprint density at radius 2 is 1.88 bits per heavy atom. The number of anilines is 1. The van der Waals surface area contributed by atoms with E-state index in [2.05, 4.69) is 46.3 Å². The lowest BCUT2D eigenvalue weighted by atomic mass is 10.0. The van der Waals surface area contributed by atoms with Gasteiger partial charge in [0.1, 0.15) is 34.5 Å². The number of nitrogens with zero attached hydrogens (tertiary/aromatic N) is 7. The Labute approximate surface area is 243 Å². The summed E-state index contributed by atoms with van der Waals surface area (Å²) in [5, 5.41) is 18.5. The number of aliphatic hydroxyl groups is 1. The summed E-state index contributed by atoms with van der Waals surface area (Å²) >= 11 is 3.32. The number of hydrogen-bond acceptors (Lipinski definition) is 9. The first-order valence-corrected chi connectivity index (χ1v) is 13.9. The standard InChI is InChI=1S/C28H27BrN8O4/c1-13-5-6-21(29)33-26(13)34-27(41)19-8-28(4)24(25(28)40)37(19)22(39)12-36-20-11-32-18(16-9-30-15(3)31-10-16)7-17(20)23(35-36)14(2)38/h5-7,9-11,19,24-25,40H,8,12H2,1-4H3,(H,33,34,41)/t19-,24+,25-,28+/m0/s1. The Morgan fingerprint density at radius 3 is 2.59 bits per heavy atom. The molecule has 13 heteroatoms. The average molecular weight is 619 g/mol. The first-order valence-electron chi connectivity index (χ1n) is 13.1. The summed E-state index contributed by atoms with van der Waals surface area (Å²) in [4.78, 5) is 58.5. The van der Waals surface area contributed by atoms with Gasteiger partial charge in [-0.25, -0.2) is 15.0 Å². The fourth-order valence-electron chi connectivity index (χ4n) is 5.66. The van der Waals surface area contributed by atoms with Crippen LogP contribution in [-0.2, 0) is 16.1 Å². The molecular formula is C28H27BrN8O4. The molecule has 41 heavy (non-hydrogen) atoms. The van der Waals surface area contributed by atoms with Crippen molar-refractivity contribution in [2.45, 2.75) is 58.8 Å². The SMILES string of the molecule is CC(=O)c1nn(CC(=O)N2[C@H](C(=O)Nc3nc(Br)ccc3C)C[C@@]3(C)[C@@H](O)[C@@H]23)c2cnc(-c3cnc(C)nc3)cc12. The van der Waals surface area contributed by atoms with Gasteiger partial charge < -0.3 is 15.3 Å². The van der Waals surface area contributed by atoms with E-state index < -0.39 is 29.5 Å². The average Bonchev–Trinajstić information content (AvgIpc) is 3.21. The summed E-state index contributed by atoms with van der Waals surface area (Å²) in [7, 11) is 0. The smallest absolute Gasteiger partial charge is 0.248 e. The zero-order valence-corrected chi connectivity index (χ0v) is 24.4. The third kappa shape index (κ3) is 4.58. The van der Waals surface area contributed by atoms with Crippen molar-refractivity contribution in [3.63, 3.8) is 0 Å². The molecule has 4 atom stereocenters. The molecule has 6 rings (SSSR count). The molecule has 210 valence electrons. The van der Waals surface area contributed by atoms with Crippen LogP contribution in [0, 0.1) is 19.3 Å². The molecule has 0 spiro atoms. The minimum Gasteiger partial charge on any atom is -0.390 e. The highest BCUT2D eigenvalue weighted by Crippen LogP contribution is 2.59. The number of Topliss-reactive ketones (excluding diaryl/α,β-unsaturated/α-hetero) is 1. The second kappa shape index (κ2) is 9.77. The molecule has 2 amide bonds. The van der Waals surface area contributed by atoms with E-state index >= 15 is 0 Å². The van der Waals surface area contributed by atoms with Gasteiger partial charge in [-0.3, -0.25) is 24.0 Å². The molecule has 1 aliphatic heterocycles. The van der Waals surface area contributed by atoms with Crippen LogP contribution in [0.15, 0.2) is 41.4 Å². The molecule has 1 aliphatic carbocycles. The first-order chi connectivity index (χ1) is 19.5. The highest BCUT2D eigenvalue weighted by atomic mass is 79.9. The largest absolute Gasteiger partial charge is 0.390 e. The number of piperidine rings is 1. The zero-order chi connectivity index (χ0) is 29.2. The number of carbonyl (C=O) groups excluding carboxylic acids is 3. The van der Waals surface area contributed by atoms with Crippen LogP contribution in [0.2, 0.25) is 0 Å². The number of likely N-dealkylation sites (tertiary alicyclic amines) is 1. The Morgan fingerprint density at radius 1 is 1.15 bits per heavy atom. The third-order valence-electron chi connectivity index (χ3n) is 8.04. The predicted molar refractivity (Wildman–Crippen MR) is 152 cm³/mol. The van der Waals surface area contributed by atoms with Gasteiger partial charge in [0.2, 0.25) is 11.8 Å². The number of aromatic nitrogens is 6. The van der Waals surface area contributed by atoms with Crippen LogP contribution in [0.25, 0.3) is 22.2 Å². The zero-order valence-electron chi connectivity index (χ0n) is 22.8. The van der Waals surface area contributed by atoms with E-state index in [4.69, 9.17) is 0 Å². The van der Waals surface area contributed by atoms with Gasteiger partial charge in [0, 0.05) is 35.7 Å². The number of fused-ring (bicyclic) bond motifs is 2. The molecule has 5 heterocycles. The molecule has 0 radical (unpaired) electrons. The maximum Gasteiger partial charge on any atom is 0.248 e. The first kappa shape index (κ1) is 27.1. The molecule has 2 fully saturated rings. The highest BCUT2D eigenvalue weighted by Gasteiger charge is 2.72. The number of aryl methyl sites for hydroxylation is 2. The van der Waals surface area contributed by atoms with Crippen LogP contribution >= 0.6 is 15.9 Å². The Balaban J connectivity index is 1.31. The van der Waals surface area contributed by atoms with Gasteiger partial charge in [0.15, 0.2) is 5.78 Å². The number of amides is 2. The van der Waals surface area contributed by atoms with Crippen LogP contribution in [-0.4, -0.2) is 75.5 Å². The van der Waals surface area contributed by atoms with E-state index in [1.165, 1.54) is 16.5 Å². The third-order valence-corrected chi connectivity index (χ3v) is 8.48. The van der Waals surface area contributed by atoms with Crippen molar-refractivity contribution in [2.75, 3.05) is 5.32 Å². The molecule has 1 saturated carbocycles. The minimum atomic E-state index is -0.804. The molecule has 0 bridgehead atoms. The lowest BCUT2D eigenvalue weighted by Crippen LogP contribution is -2.48. The predicted octanol–water partition coefficient (Wildman–Crippen LogP) is 2.85. The summed E-state index contributed by atoms with van der Waals surface area (Å²) in [5.41, 5.74) is 2.13. The summed E-state index contributed by atoms with van der Waals surface area (Å²) in [6.45, 7) is 6.65. The summed E-state index contributed by atoms with van der Waals surface area (Å²) in [5.74, 6) is -0.0228. The molecule has 2 aliphatic rings. The van der Waals surface area contributed by atoms with E-state index in [0.29, 0.717) is 44.8 Å². The fourth-order valence-corrected chi connectivity index (χ4v) is 5.97. The monoisotopic (exact) mass is 618 g/mol. The molecule has 4 aromatic heterocycles. The van der Waals surface area contributed by atoms with Crippen molar-refractivity contribution in [3.05, 3.63) is 58.5 Å². The Hall–Kier alpha value is -4.10. The van der Waals surface area contributed by atoms with Crippen molar-refractivity contribution < 1.29 is 19.5 Å². The van der Waals surface area contributed by atoms with Crippen LogP contribution in [0.3, 0.4) is 0 Å². The maximum atomic E-state index is 13.8. The van der Waals surface area contributed by atoms with Gasteiger partial charge in [-0.15, -0.1) is 0 Å². The van der Waals surface area contributed by atoms with E-state index in [1.54, 1.807) is 37.6 Å². The number of carbonyl (C=O) groups is 3. The Bertz CT molecular complexity index is 1740. The normalized spacial score (nSPS) is 23.0. The van der Waals surface area contributed by atoms with Gasteiger partial charge in [-0.1, -0.05) is 13.0 Å². The van der Waals surface area contributed by atoms with Crippen LogP contribution in [0.1, 0.15) is 42.1 Å². The van der Waals surface area contributed by atoms with Gasteiger partial charge in [-0.05, 0) is 53.9 Å². The molecule has 0 aromatic carbocycles. The van der Waals surface area contributed by atoms with Gasteiger partial charge in [0.25, 0.3) is 0 Å². The molecule has 12 nitrogen and oxygen atoms in total. The second-order valence-corrected chi connectivity index (χ2v) is 11.7. The van der Waals surface area contributed by atoms with E-state index in [-0.39, 0.29) is 23.9 Å². The lowest BCUT2D eigenvalue weighted by molar-refractivity contribution is -0.139. The molecule has 0 unspecified atom stereocenters. The lowest BCUT2D eigenvalue weighted by Gasteiger charge is -2.28. The number of pyridine rings is 2. The van der Waals surface area contributed by atoms with E-state index in [9.17, 15) is 19.5 Å². The van der Waals surface area contributed by atoms with Crippen LogP contribution in [0.5, 0.6) is 0 Å². The maximum absolute atomic E-state index is 13.8. The van der Waals surface area contributed by atoms with Crippen molar-refractivity contribution in [2.24, 2.45) is 5.41 Å². The van der Waals surface area contributed by atoms with E-state index in [1.807, 2.05) is 19.9 Å².